The van der Waals surface area contributed by atoms with Crippen LogP contribution in [0.4, 0.5) is 0 Å². The second-order valence-electron chi connectivity index (χ2n) is 4.53. The van der Waals surface area contributed by atoms with E-state index in [9.17, 15) is 9.59 Å². The molecule has 1 aliphatic heterocycles. The van der Waals surface area contributed by atoms with Gasteiger partial charge in [-0.2, -0.15) is 0 Å². The van der Waals surface area contributed by atoms with E-state index in [0.29, 0.717) is 5.56 Å². The van der Waals surface area contributed by atoms with Gasteiger partial charge in [0.05, 0.1) is 5.56 Å². The molecular formula is C12H17N5O2. The fourth-order valence-electron chi connectivity index (χ4n) is 1.80. The highest BCUT2D eigenvalue weighted by atomic mass is 16.2. The van der Waals surface area contributed by atoms with Crippen molar-refractivity contribution in [1.29, 1.82) is 0 Å². The number of nitrogens with one attached hydrogen (secondary N) is 1. The molecule has 0 aliphatic carbocycles. The summed E-state index contributed by atoms with van der Waals surface area (Å²) in [6.45, 7) is 3.41. The summed E-state index contributed by atoms with van der Waals surface area (Å²) >= 11 is 0. The van der Waals surface area contributed by atoms with Crippen LogP contribution in [0.3, 0.4) is 0 Å². The van der Waals surface area contributed by atoms with Gasteiger partial charge in [-0.25, -0.2) is 5.01 Å². The topological polar surface area (TPSA) is 91.6 Å². The molecule has 1 aromatic rings. The maximum absolute atomic E-state index is 12.0. The maximum atomic E-state index is 12.0. The van der Waals surface area contributed by atoms with Crippen LogP contribution in [0.5, 0.6) is 0 Å². The van der Waals surface area contributed by atoms with Crippen molar-refractivity contribution in [2.75, 3.05) is 33.2 Å². The molecule has 102 valence electrons. The molecule has 7 heteroatoms. The average molecular weight is 263 g/mol. The first-order valence-electron chi connectivity index (χ1n) is 6.06. The van der Waals surface area contributed by atoms with Crippen molar-refractivity contribution < 1.29 is 9.59 Å². The molecule has 0 saturated carbocycles. The predicted molar refractivity (Wildman–Crippen MR) is 69.3 cm³/mol. The highest BCUT2D eigenvalue weighted by Crippen LogP contribution is 2.02. The third-order valence-electron chi connectivity index (χ3n) is 3.04. The zero-order chi connectivity index (χ0) is 13.8. The summed E-state index contributed by atoms with van der Waals surface area (Å²) < 4.78 is 0. The lowest BCUT2D eigenvalue weighted by molar-refractivity contribution is 0.0662. The number of piperazine rings is 1. The number of nitrogens with zero attached hydrogens (tertiary/aromatic N) is 3. The second-order valence-corrected chi connectivity index (χ2v) is 4.53. The smallest absolute Gasteiger partial charge is 0.267 e. The molecule has 1 saturated heterocycles. The molecule has 0 spiro atoms. The van der Waals surface area contributed by atoms with E-state index >= 15 is 0 Å². The van der Waals surface area contributed by atoms with Gasteiger partial charge in [0.25, 0.3) is 11.8 Å². The first-order chi connectivity index (χ1) is 9.06. The van der Waals surface area contributed by atoms with Crippen LogP contribution in [0.25, 0.3) is 0 Å². The molecule has 1 aromatic heterocycles. The molecular weight excluding hydrogens is 246 g/mol. The van der Waals surface area contributed by atoms with Crippen molar-refractivity contribution in [2.45, 2.75) is 0 Å². The minimum atomic E-state index is -0.606. The Morgan fingerprint density at radius 3 is 2.47 bits per heavy atom. The number of aromatic nitrogens is 1. The Hall–Kier alpha value is -1.99. The summed E-state index contributed by atoms with van der Waals surface area (Å²) in [4.78, 5) is 28.9. The van der Waals surface area contributed by atoms with Gasteiger partial charge >= 0.3 is 0 Å². The lowest BCUT2D eigenvalue weighted by Gasteiger charge is -2.32. The van der Waals surface area contributed by atoms with Crippen molar-refractivity contribution in [3.63, 3.8) is 0 Å². The summed E-state index contributed by atoms with van der Waals surface area (Å²) in [5, 5.41) is 1.88. The number of nitrogens with two attached hydrogens (primary N) is 1. The van der Waals surface area contributed by atoms with E-state index in [0.717, 1.165) is 26.2 Å². The Morgan fingerprint density at radius 1 is 1.26 bits per heavy atom. The fourth-order valence-corrected chi connectivity index (χ4v) is 1.80. The molecule has 2 heterocycles. The largest absolute Gasteiger partial charge is 0.364 e. The van der Waals surface area contributed by atoms with Gasteiger partial charge < -0.3 is 10.6 Å². The second kappa shape index (κ2) is 5.77. The zero-order valence-corrected chi connectivity index (χ0v) is 10.8. The minimum Gasteiger partial charge on any atom is -0.364 e. The molecule has 1 fully saturated rings. The molecule has 0 radical (unpaired) electrons. The third-order valence-corrected chi connectivity index (χ3v) is 3.04. The SMILES string of the molecule is CN1CCN(NC(=O)c2ccc(C(N)=O)nc2)CC1. The van der Waals surface area contributed by atoms with E-state index in [2.05, 4.69) is 15.3 Å². The number of hydrogen-bond donors (Lipinski definition) is 2. The number of hydrazine groups is 1. The molecule has 0 unspecified atom stereocenters. The number of carbonyl (C=O) groups is 2. The number of likely N-dealkylation sites (N-methyl/N-ethyl adjacent to an activating group) is 1. The zero-order valence-electron chi connectivity index (χ0n) is 10.8. The van der Waals surface area contributed by atoms with E-state index in [4.69, 9.17) is 5.73 Å². The van der Waals surface area contributed by atoms with Crippen molar-refractivity contribution in [3.05, 3.63) is 29.6 Å². The standard InChI is InChI=1S/C12H17N5O2/c1-16-4-6-17(7-5-16)15-12(19)9-2-3-10(11(13)18)14-8-9/h2-3,8H,4-7H2,1H3,(H2,13,18)(H,15,19). The molecule has 0 bridgehead atoms. The molecule has 3 N–H and O–H groups in total. The Kier molecular flexibility index (Phi) is 4.08. The number of rotatable bonds is 3. The Bertz CT molecular complexity index is 466. The molecule has 2 amide bonds. The average Bonchev–Trinajstić information content (AvgIpc) is 2.41. The van der Waals surface area contributed by atoms with Gasteiger partial charge in [-0.05, 0) is 19.2 Å². The lowest BCUT2D eigenvalue weighted by Crippen LogP contribution is -2.52. The van der Waals surface area contributed by atoms with Gasteiger partial charge in [0.2, 0.25) is 0 Å². The van der Waals surface area contributed by atoms with Gasteiger partial charge in [0.15, 0.2) is 0 Å². The van der Waals surface area contributed by atoms with Gasteiger partial charge in [-0.15, -0.1) is 0 Å². The van der Waals surface area contributed by atoms with E-state index in [1.165, 1.54) is 12.3 Å². The monoisotopic (exact) mass is 263 g/mol. The molecule has 0 aromatic carbocycles. The Morgan fingerprint density at radius 2 is 1.95 bits per heavy atom. The highest BCUT2D eigenvalue weighted by molar-refractivity contribution is 5.95. The van der Waals surface area contributed by atoms with Crippen LogP contribution in [0, 0.1) is 0 Å². The van der Waals surface area contributed by atoms with Gasteiger partial charge in [0.1, 0.15) is 5.69 Å². The maximum Gasteiger partial charge on any atom is 0.267 e. The van der Waals surface area contributed by atoms with E-state index in [1.807, 2.05) is 12.1 Å². The number of carbonyl (C=O) groups excluding carboxylic acids is 2. The van der Waals surface area contributed by atoms with Crippen LogP contribution < -0.4 is 11.2 Å². The first kappa shape index (κ1) is 13.4. The Labute approximate surface area is 111 Å². The lowest BCUT2D eigenvalue weighted by atomic mass is 10.2. The van der Waals surface area contributed by atoms with E-state index in [1.54, 1.807) is 6.07 Å². The van der Waals surface area contributed by atoms with Crippen molar-refractivity contribution in [2.24, 2.45) is 5.73 Å². The summed E-state index contributed by atoms with van der Waals surface area (Å²) in [5.74, 6) is -0.834. The molecule has 19 heavy (non-hydrogen) atoms. The molecule has 1 aliphatic rings. The normalized spacial score (nSPS) is 17.1. The Balaban J connectivity index is 1.94. The summed E-state index contributed by atoms with van der Waals surface area (Å²) in [6.07, 6.45) is 1.35. The van der Waals surface area contributed by atoms with Crippen LogP contribution >= 0.6 is 0 Å². The van der Waals surface area contributed by atoms with Crippen molar-refractivity contribution in [1.82, 2.24) is 20.3 Å². The minimum absolute atomic E-state index is 0.149. The van der Waals surface area contributed by atoms with Crippen LogP contribution in [-0.4, -0.2) is 59.9 Å². The van der Waals surface area contributed by atoms with Gasteiger partial charge in [-0.1, -0.05) is 0 Å². The van der Waals surface area contributed by atoms with E-state index < -0.39 is 5.91 Å². The summed E-state index contributed by atoms with van der Waals surface area (Å²) in [7, 11) is 2.05. The first-order valence-corrected chi connectivity index (χ1v) is 6.06. The van der Waals surface area contributed by atoms with E-state index in [-0.39, 0.29) is 11.6 Å². The van der Waals surface area contributed by atoms with Gasteiger partial charge in [0, 0.05) is 32.4 Å². The van der Waals surface area contributed by atoms with Crippen LogP contribution in [-0.2, 0) is 0 Å². The van der Waals surface area contributed by atoms with Crippen LogP contribution in [0.15, 0.2) is 18.3 Å². The summed E-state index contributed by atoms with van der Waals surface area (Å²) in [5.41, 5.74) is 8.46. The molecule has 2 rings (SSSR count). The van der Waals surface area contributed by atoms with Gasteiger partial charge in [-0.3, -0.25) is 20.0 Å². The molecule has 7 nitrogen and oxygen atoms in total. The quantitative estimate of drug-likeness (QED) is 0.735. The number of amides is 2. The fraction of sp³-hybridized carbons (Fsp3) is 0.417. The van der Waals surface area contributed by atoms with Crippen LogP contribution in [0.1, 0.15) is 20.8 Å². The number of primary amides is 1. The molecule has 0 atom stereocenters. The van der Waals surface area contributed by atoms with Crippen molar-refractivity contribution in [3.8, 4) is 0 Å². The third kappa shape index (κ3) is 3.49. The number of hydrogen-bond acceptors (Lipinski definition) is 5. The number of pyridine rings is 1. The van der Waals surface area contributed by atoms with Crippen molar-refractivity contribution >= 4 is 11.8 Å². The summed E-state index contributed by atoms with van der Waals surface area (Å²) in [6, 6.07) is 2.99. The van der Waals surface area contributed by atoms with Crippen LogP contribution in [0.2, 0.25) is 0 Å². The highest BCUT2D eigenvalue weighted by Gasteiger charge is 2.16. The predicted octanol–water partition coefficient (Wildman–Crippen LogP) is -0.927.